The van der Waals surface area contributed by atoms with Gasteiger partial charge in [0.15, 0.2) is 0 Å². The van der Waals surface area contributed by atoms with Gasteiger partial charge in [0, 0.05) is 19.2 Å². The predicted octanol–water partition coefficient (Wildman–Crippen LogP) is 4.58. The average Bonchev–Trinajstić information content (AvgIpc) is 2.97. The minimum atomic E-state index is -0.146. The van der Waals surface area contributed by atoms with E-state index in [0.29, 0.717) is 34.1 Å². The number of amides is 1. The molecule has 0 radical (unpaired) electrons. The molecule has 24 heavy (non-hydrogen) atoms. The molecule has 0 aliphatic heterocycles. The first-order valence-electron chi connectivity index (χ1n) is 7.58. The number of hydrogen-bond acceptors (Lipinski definition) is 3. The monoisotopic (exact) mass is 340 g/mol. The minimum Gasteiger partial charge on any atom is -0.360 e. The molecule has 0 atom stereocenters. The maximum Gasteiger partial charge on any atom is 0.259 e. The van der Waals surface area contributed by atoms with Crippen molar-refractivity contribution in [2.75, 3.05) is 7.05 Å². The van der Waals surface area contributed by atoms with E-state index in [9.17, 15) is 4.79 Å². The molecule has 0 saturated carbocycles. The maximum absolute atomic E-state index is 12.9. The molecule has 4 nitrogen and oxygen atoms in total. The van der Waals surface area contributed by atoms with Crippen LogP contribution in [0.2, 0.25) is 5.02 Å². The summed E-state index contributed by atoms with van der Waals surface area (Å²) in [5.74, 6) is 0.336. The van der Waals surface area contributed by atoms with Crippen LogP contribution < -0.4 is 0 Å². The van der Waals surface area contributed by atoms with Gasteiger partial charge in [0.25, 0.3) is 5.91 Å². The average molecular weight is 341 g/mol. The summed E-state index contributed by atoms with van der Waals surface area (Å²) in [5.41, 5.74) is 2.67. The summed E-state index contributed by atoms with van der Waals surface area (Å²) in [6.45, 7) is 2.24. The molecule has 0 unspecified atom stereocenters. The number of nitrogens with zero attached hydrogens (tertiary/aromatic N) is 2. The topological polar surface area (TPSA) is 46.3 Å². The van der Waals surface area contributed by atoms with Gasteiger partial charge in [-0.05, 0) is 18.6 Å². The van der Waals surface area contributed by atoms with Gasteiger partial charge in [-0.1, -0.05) is 65.3 Å². The lowest BCUT2D eigenvalue weighted by Crippen LogP contribution is -2.26. The molecule has 0 aliphatic carbocycles. The van der Waals surface area contributed by atoms with Crippen LogP contribution in [0, 0.1) is 6.92 Å². The van der Waals surface area contributed by atoms with Gasteiger partial charge in [-0.15, -0.1) is 0 Å². The highest BCUT2D eigenvalue weighted by Gasteiger charge is 2.25. The molecular weight excluding hydrogens is 324 g/mol. The fraction of sp³-hybridized carbons (Fsp3) is 0.158. The number of aromatic nitrogens is 1. The summed E-state index contributed by atoms with van der Waals surface area (Å²) in [5, 5.41) is 4.58. The molecule has 5 heteroatoms. The molecule has 0 N–H and O–H groups in total. The number of halogens is 1. The smallest absolute Gasteiger partial charge is 0.259 e. The Morgan fingerprint density at radius 3 is 2.50 bits per heavy atom. The molecule has 122 valence electrons. The van der Waals surface area contributed by atoms with Crippen LogP contribution in [-0.2, 0) is 6.54 Å². The summed E-state index contributed by atoms with van der Waals surface area (Å²) in [4.78, 5) is 14.6. The first kappa shape index (κ1) is 16.3. The molecule has 0 bridgehead atoms. The molecule has 0 aliphatic rings. The second-order valence-corrected chi connectivity index (χ2v) is 6.00. The van der Waals surface area contributed by atoms with Gasteiger partial charge in [-0.25, -0.2) is 0 Å². The first-order valence-corrected chi connectivity index (χ1v) is 7.96. The molecule has 3 aromatic rings. The zero-order valence-electron chi connectivity index (χ0n) is 13.5. The Hall–Kier alpha value is -2.59. The number of hydrogen-bond donors (Lipinski definition) is 0. The lowest BCUT2D eigenvalue weighted by Gasteiger charge is -2.17. The SMILES string of the molecule is Cc1onc(-c2ccccc2Cl)c1C(=O)N(C)Cc1ccccc1. The lowest BCUT2D eigenvalue weighted by molar-refractivity contribution is 0.0784. The molecule has 0 fully saturated rings. The molecule has 3 rings (SSSR count). The second-order valence-electron chi connectivity index (χ2n) is 5.59. The Bertz CT molecular complexity index is 859. The van der Waals surface area contributed by atoms with Gasteiger partial charge in [0.05, 0.1) is 5.02 Å². The van der Waals surface area contributed by atoms with Crippen LogP contribution in [0.1, 0.15) is 21.7 Å². The standard InChI is InChI=1S/C19H17ClN2O2/c1-13-17(18(21-24-13)15-10-6-7-11-16(15)20)19(23)22(2)12-14-8-4-3-5-9-14/h3-11H,12H2,1-2H3. The van der Waals surface area contributed by atoms with Crippen molar-refractivity contribution in [1.82, 2.24) is 10.1 Å². The van der Waals surface area contributed by atoms with Crippen LogP contribution in [0.25, 0.3) is 11.3 Å². The summed E-state index contributed by atoms with van der Waals surface area (Å²) in [6.07, 6.45) is 0. The van der Waals surface area contributed by atoms with Gasteiger partial charge >= 0.3 is 0 Å². The van der Waals surface area contributed by atoms with Gasteiger partial charge < -0.3 is 9.42 Å². The molecule has 1 aromatic heterocycles. The van der Waals surface area contributed by atoms with Crippen molar-refractivity contribution in [2.45, 2.75) is 13.5 Å². The van der Waals surface area contributed by atoms with E-state index in [4.69, 9.17) is 16.1 Å². The fourth-order valence-electron chi connectivity index (χ4n) is 2.58. The Kier molecular flexibility index (Phi) is 4.67. The van der Waals surface area contributed by atoms with Crippen LogP contribution in [-0.4, -0.2) is 23.0 Å². The van der Waals surface area contributed by atoms with Gasteiger partial charge in [0.2, 0.25) is 0 Å². The van der Waals surface area contributed by atoms with E-state index in [2.05, 4.69) is 5.16 Å². The molecule has 0 saturated heterocycles. The minimum absolute atomic E-state index is 0.146. The van der Waals surface area contributed by atoms with E-state index in [1.165, 1.54) is 0 Å². The normalized spacial score (nSPS) is 10.6. The van der Waals surface area contributed by atoms with E-state index < -0.39 is 0 Å². The van der Waals surface area contributed by atoms with Crippen LogP contribution in [0.4, 0.5) is 0 Å². The van der Waals surface area contributed by atoms with Crippen molar-refractivity contribution >= 4 is 17.5 Å². The third-order valence-corrected chi connectivity index (χ3v) is 4.14. The van der Waals surface area contributed by atoms with Crippen LogP contribution in [0.3, 0.4) is 0 Å². The van der Waals surface area contributed by atoms with E-state index >= 15 is 0 Å². The Morgan fingerprint density at radius 1 is 1.12 bits per heavy atom. The number of rotatable bonds is 4. The third kappa shape index (κ3) is 3.19. The van der Waals surface area contributed by atoms with Crippen molar-refractivity contribution < 1.29 is 9.32 Å². The van der Waals surface area contributed by atoms with Gasteiger partial charge in [-0.3, -0.25) is 4.79 Å². The van der Waals surface area contributed by atoms with Crippen molar-refractivity contribution in [2.24, 2.45) is 0 Å². The van der Waals surface area contributed by atoms with Crippen LogP contribution in [0.15, 0.2) is 59.1 Å². The Labute approximate surface area is 145 Å². The highest BCUT2D eigenvalue weighted by atomic mass is 35.5. The zero-order valence-corrected chi connectivity index (χ0v) is 14.2. The van der Waals surface area contributed by atoms with Crippen molar-refractivity contribution in [1.29, 1.82) is 0 Å². The molecule has 1 amide bonds. The maximum atomic E-state index is 12.9. The summed E-state index contributed by atoms with van der Waals surface area (Å²) >= 11 is 6.25. The Balaban J connectivity index is 1.93. The Morgan fingerprint density at radius 2 is 1.79 bits per heavy atom. The fourth-order valence-corrected chi connectivity index (χ4v) is 2.81. The van der Waals surface area contributed by atoms with E-state index in [-0.39, 0.29) is 5.91 Å². The predicted molar refractivity (Wildman–Crippen MR) is 93.9 cm³/mol. The highest BCUT2D eigenvalue weighted by molar-refractivity contribution is 6.33. The van der Waals surface area contributed by atoms with Gasteiger partial charge in [-0.2, -0.15) is 0 Å². The van der Waals surface area contributed by atoms with E-state index in [1.54, 1.807) is 24.9 Å². The number of aryl methyl sites for hydroxylation is 1. The number of carbonyl (C=O) groups excluding carboxylic acids is 1. The largest absolute Gasteiger partial charge is 0.360 e. The van der Waals surface area contributed by atoms with Crippen molar-refractivity contribution in [3.8, 4) is 11.3 Å². The van der Waals surface area contributed by atoms with Crippen LogP contribution >= 0.6 is 11.6 Å². The zero-order chi connectivity index (χ0) is 17.1. The van der Waals surface area contributed by atoms with Crippen LogP contribution in [0.5, 0.6) is 0 Å². The summed E-state index contributed by atoms with van der Waals surface area (Å²) in [6, 6.07) is 17.1. The number of benzene rings is 2. The first-order chi connectivity index (χ1) is 11.6. The van der Waals surface area contributed by atoms with Crippen molar-refractivity contribution in [3.05, 3.63) is 76.5 Å². The number of carbonyl (C=O) groups is 1. The molecule has 1 heterocycles. The van der Waals surface area contributed by atoms with Crippen molar-refractivity contribution in [3.63, 3.8) is 0 Å². The van der Waals surface area contributed by atoms with E-state index in [1.807, 2.05) is 48.5 Å². The molecule has 0 spiro atoms. The second kappa shape index (κ2) is 6.89. The summed E-state index contributed by atoms with van der Waals surface area (Å²) < 4.78 is 5.27. The highest BCUT2D eigenvalue weighted by Crippen LogP contribution is 2.31. The summed E-state index contributed by atoms with van der Waals surface area (Å²) in [7, 11) is 1.76. The quantitative estimate of drug-likeness (QED) is 0.698. The molecular formula is C19H17ClN2O2. The third-order valence-electron chi connectivity index (χ3n) is 3.81. The van der Waals surface area contributed by atoms with E-state index in [0.717, 1.165) is 5.56 Å². The van der Waals surface area contributed by atoms with Gasteiger partial charge in [0.1, 0.15) is 17.0 Å². The molecule has 2 aromatic carbocycles. The lowest BCUT2D eigenvalue weighted by atomic mass is 10.0.